The predicted molar refractivity (Wildman–Crippen MR) is 104 cm³/mol. The van der Waals surface area contributed by atoms with Crippen LogP contribution in [0.3, 0.4) is 0 Å². The van der Waals surface area contributed by atoms with Crippen LogP contribution in [0.5, 0.6) is 11.5 Å². The monoisotopic (exact) mass is 384 g/mol. The fourth-order valence-electron chi connectivity index (χ4n) is 2.78. The Labute approximate surface area is 156 Å². The summed E-state index contributed by atoms with van der Waals surface area (Å²) in [6, 6.07) is 5.00. The Bertz CT molecular complexity index is 624. The molecule has 0 saturated heterocycles. The molecule has 0 heterocycles. The van der Waals surface area contributed by atoms with Crippen molar-refractivity contribution in [1.29, 1.82) is 0 Å². The molecule has 0 aliphatic heterocycles. The molecule has 0 unspecified atom stereocenters. The second kappa shape index (κ2) is 7.68. The summed E-state index contributed by atoms with van der Waals surface area (Å²) in [6.45, 7) is 11.3. The average molecular weight is 385 g/mol. The molecule has 0 aromatic heterocycles. The third kappa shape index (κ3) is 4.99. The molecule has 1 aliphatic rings. The smallest absolute Gasteiger partial charge is 0.252 e. The van der Waals surface area contributed by atoms with E-state index in [0.717, 1.165) is 19.3 Å². The van der Waals surface area contributed by atoms with Gasteiger partial charge in [-0.15, -0.1) is 0 Å². The number of halogens is 1. The van der Waals surface area contributed by atoms with Crippen molar-refractivity contribution in [2.75, 3.05) is 7.11 Å². The highest BCUT2D eigenvalue weighted by Crippen LogP contribution is 2.40. The molecular weight excluding hydrogens is 356 g/mol. The number of carbonyl (C=O) groups excluding carboxylic acids is 1. The Morgan fingerprint density at radius 3 is 2.36 bits per heavy atom. The Hall–Kier alpha value is -1.04. The lowest BCUT2D eigenvalue weighted by molar-refractivity contribution is 0.107. The van der Waals surface area contributed by atoms with Gasteiger partial charge in [-0.3, -0.25) is 4.79 Å². The summed E-state index contributed by atoms with van der Waals surface area (Å²) in [6.07, 6.45) is 3.07. The molecule has 0 bridgehead atoms. The van der Waals surface area contributed by atoms with Gasteiger partial charge in [-0.25, -0.2) is 0 Å². The van der Waals surface area contributed by atoms with Crippen molar-refractivity contribution in [3.05, 3.63) is 23.8 Å². The first-order valence-corrected chi connectivity index (χ1v) is 12.0. The highest BCUT2D eigenvalue weighted by Gasteiger charge is 2.41. The maximum atomic E-state index is 11.4. The SMILES string of the molecule is COc1ccc(C(=O)Cl)cc1O[C@@H]1CC[C@@H](O[Si](C)(C)C(C)(C)C)C1. The lowest BCUT2D eigenvalue weighted by atomic mass is 10.2. The molecule has 1 aromatic carbocycles. The Morgan fingerprint density at radius 1 is 1.16 bits per heavy atom. The van der Waals surface area contributed by atoms with E-state index in [2.05, 4.69) is 33.9 Å². The fourth-order valence-corrected chi connectivity index (χ4v) is 4.30. The van der Waals surface area contributed by atoms with Crippen molar-refractivity contribution in [1.82, 2.24) is 0 Å². The van der Waals surface area contributed by atoms with Gasteiger partial charge in [0.1, 0.15) is 6.10 Å². The van der Waals surface area contributed by atoms with E-state index in [1.165, 1.54) is 0 Å². The van der Waals surface area contributed by atoms with Gasteiger partial charge in [0.05, 0.1) is 7.11 Å². The Balaban J connectivity index is 2.04. The van der Waals surface area contributed by atoms with Crippen LogP contribution in [0.1, 0.15) is 50.4 Å². The van der Waals surface area contributed by atoms with Gasteiger partial charge in [0.15, 0.2) is 19.8 Å². The van der Waals surface area contributed by atoms with Gasteiger partial charge in [-0.1, -0.05) is 20.8 Å². The third-order valence-electron chi connectivity index (χ3n) is 5.29. The molecule has 4 nitrogen and oxygen atoms in total. The molecule has 0 spiro atoms. The number of methoxy groups -OCH3 is 1. The molecule has 0 radical (unpaired) electrons. The summed E-state index contributed by atoms with van der Waals surface area (Å²) >= 11 is 5.58. The summed E-state index contributed by atoms with van der Waals surface area (Å²) in [7, 11) is -0.190. The maximum Gasteiger partial charge on any atom is 0.252 e. The molecule has 1 aromatic rings. The minimum absolute atomic E-state index is 0.0596. The van der Waals surface area contributed by atoms with Crippen LogP contribution in [0.15, 0.2) is 18.2 Å². The zero-order valence-corrected chi connectivity index (χ0v) is 17.8. The lowest BCUT2D eigenvalue weighted by Crippen LogP contribution is -2.43. The minimum Gasteiger partial charge on any atom is -0.493 e. The Morgan fingerprint density at radius 2 is 1.80 bits per heavy atom. The van der Waals surface area contributed by atoms with Crippen molar-refractivity contribution in [3.8, 4) is 11.5 Å². The van der Waals surface area contributed by atoms with Gasteiger partial charge in [0.2, 0.25) is 0 Å². The molecule has 25 heavy (non-hydrogen) atoms. The van der Waals surface area contributed by atoms with Crippen molar-refractivity contribution >= 4 is 25.2 Å². The molecule has 2 rings (SSSR count). The van der Waals surface area contributed by atoms with Crippen LogP contribution in [-0.4, -0.2) is 32.9 Å². The van der Waals surface area contributed by atoms with Gasteiger partial charge < -0.3 is 13.9 Å². The van der Waals surface area contributed by atoms with Crippen molar-refractivity contribution < 1.29 is 18.7 Å². The molecule has 0 amide bonds. The number of benzene rings is 1. The first-order chi connectivity index (χ1) is 11.5. The molecule has 140 valence electrons. The van der Waals surface area contributed by atoms with E-state index in [1.807, 2.05) is 0 Å². The highest BCUT2D eigenvalue weighted by atomic mass is 35.5. The summed E-state index contributed by atoms with van der Waals surface area (Å²) in [5.74, 6) is 1.17. The highest BCUT2D eigenvalue weighted by molar-refractivity contribution is 6.74. The molecule has 1 aliphatic carbocycles. The maximum absolute atomic E-state index is 11.4. The van der Waals surface area contributed by atoms with Crippen LogP contribution in [-0.2, 0) is 4.43 Å². The number of carbonyl (C=O) groups is 1. The van der Waals surface area contributed by atoms with E-state index in [4.69, 9.17) is 25.5 Å². The van der Waals surface area contributed by atoms with Crippen LogP contribution in [0.4, 0.5) is 0 Å². The number of hydrogen-bond acceptors (Lipinski definition) is 4. The van der Waals surface area contributed by atoms with Crippen LogP contribution in [0.2, 0.25) is 18.1 Å². The van der Waals surface area contributed by atoms with E-state index >= 15 is 0 Å². The average Bonchev–Trinajstić information content (AvgIpc) is 2.92. The lowest BCUT2D eigenvalue weighted by Gasteiger charge is -2.38. The quantitative estimate of drug-likeness (QED) is 0.486. The third-order valence-corrected chi connectivity index (χ3v) is 10.0. The van der Waals surface area contributed by atoms with Crippen LogP contribution in [0.25, 0.3) is 0 Å². The summed E-state index contributed by atoms with van der Waals surface area (Å²) in [5.41, 5.74) is 0.407. The summed E-state index contributed by atoms with van der Waals surface area (Å²) in [5, 5.41) is -0.303. The fraction of sp³-hybridized carbons (Fsp3) is 0.632. The number of ether oxygens (including phenoxy) is 2. The zero-order valence-electron chi connectivity index (χ0n) is 16.0. The number of rotatable bonds is 6. The van der Waals surface area contributed by atoms with Crippen LogP contribution in [0, 0.1) is 0 Å². The molecule has 2 atom stereocenters. The minimum atomic E-state index is -1.78. The van der Waals surface area contributed by atoms with Gasteiger partial charge in [-0.05, 0) is 60.8 Å². The van der Waals surface area contributed by atoms with Crippen LogP contribution < -0.4 is 9.47 Å². The van der Waals surface area contributed by atoms with E-state index in [9.17, 15) is 4.79 Å². The first-order valence-electron chi connectivity index (χ1n) is 8.76. The van der Waals surface area contributed by atoms with E-state index in [1.54, 1.807) is 25.3 Å². The van der Waals surface area contributed by atoms with Crippen LogP contribution >= 0.6 is 11.6 Å². The van der Waals surface area contributed by atoms with Crippen molar-refractivity contribution in [3.63, 3.8) is 0 Å². The van der Waals surface area contributed by atoms with Gasteiger partial charge in [-0.2, -0.15) is 0 Å². The largest absolute Gasteiger partial charge is 0.493 e. The second-order valence-corrected chi connectivity index (χ2v) is 13.3. The molecule has 1 fully saturated rings. The molecule has 6 heteroatoms. The normalized spacial score (nSPS) is 21.2. The molecular formula is C19H29ClO4Si. The van der Waals surface area contributed by atoms with E-state index in [0.29, 0.717) is 17.1 Å². The molecule has 1 saturated carbocycles. The first kappa shape index (κ1) is 20.3. The van der Waals surface area contributed by atoms with Gasteiger partial charge in [0, 0.05) is 18.1 Å². The van der Waals surface area contributed by atoms with Crippen molar-refractivity contribution in [2.45, 2.75) is 70.4 Å². The Kier molecular flexibility index (Phi) is 6.23. The summed E-state index contributed by atoms with van der Waals surface area (Å²) < 4.78 is 18.0. The molecule has 0 N–H and O–H groups in total. The van der Waals surface area contributed by atoms with Crippen molar-refractivity contribution in [2.24, 2.45) is 0 Å². The van der Waals surface area contributed by atoms with Gasteiger partial charge in [0.25, 0.3) is 5.24 Å². The topological polar surface area (TPSA) is 44.8 Å². The van der Waals surface area contributed by atoms with Gasteiger partial charge >= 0.3 is 0 Å². The second-order valence-electron chi connectivity index (χ2n) is 8.19. The number of hydrogen-bond donors (Lipinski definition) is 0. The predicted octanol–water partition coefficient (Wildman–Crippen LogP) is 5.40. The zero-order chi connectivity index (χ0) is 18.8. The van der Waals surface area contributed by atoms with E-state index in [-0.39, 0.29) is 17.2 Å². The van der Waals surface area contributed by atoms with E-state index < -0.39 is 13.6 Å². The summed E-state index contributed by atoms with van der Waals surface area (Å²) in [4.78, 5) is 11.4. The standard InChI is InChI=1S/C19H29ClO4Si/c1-19(2,3)25(5,6)24-15-9-8-14(12-15)23-17-11-13(18(20)21)7-10-16(17)22-4/h7,10-11,14-15H,8-9,12H2,1-6H3/t14-,15-/m1/s1.